The summed E-state index contributed by atoms with van der Waals surface area (Å²) in [5, 5.41) is 17.5. The third-order valence-corrected chi connectivity index (χ3v) is 5.50. The fraction of sp³-hybridized carbons (Fsp3) is 0.200. The zero-order valence-corrected chi connectivity index (χ0v) is 16.4. The molecule has 0 N–H and O–H groups in total. The number of hydrogen-bond acceptors (Lipinski definition) is 6. The Morgan fingerprint density at radius 3 is 2.50 bits per heavy atom. The van der Waals surface area contributed by atoms with Gasteiger partial charge in [-0.15, -0.1) is 20.4 Å². The van der Waals surface area contributed by atoms with Crippen molar-refractivity contribution in [2.45, 2.75) is 24.3 Å². The zero-order chi connectivity index (χ0) is 19.7. The molecule has 0 unspecified atom stereocenters. The first kappa shape index (κ1) is 18.4. The standard InChI is InChI=1S/C20H18FN5OS/c1-12-6-4-5-7-16(12)17-22-25-20(26(17)3)28-13(2)18-23-24-19(27-18)14-8-10-15(21)11-9-14/h4-11,13H,1-3H3/t13-/m0/s1. The third-order valence-electron chi connectivity index (χ3n) is 4.38. The number of hydrogen-bond donors (Lipinski definition) is 0. The van der Waals surface area contributed by atoms with Crippen LogP contribution in [0.4, 0.5) is 4.39 Å². The molecule has 142 valence electrons. The summed E-state index contributed by atoms with van der Waals surface area (Å²) in [7, 11) is 1.94. The lowest BCUT2D eigenvalue weighted by molar-refractivity contribution is 0.508. The molecule has 0 fully saturated rings. The molecule has 2 aromatic heterocycles. The van der Waals surface area contributed by atoms with Crippen LogP contribution in [-0.2, 0) is 7.05 Å². The highest BCUT2D eigenvalue weighted by Crippen LogP contribution is 2.35. The predicted octanol–water partition coefficient (Wildman–Crippen LogP) is 4.83. The van der Waals surface area contributed by atoms with Gasteiger partial charge in [-0.1, -0.05) is 36.0 Å². The van der Waals surface area contributed by atoms with Crippen molar-refractivity contribution in [3.05, 3.63) is 65.8 Å². The Labute approximate surface area is 165 Å². The summed E-state index contributed by atoms with van der Waals surface area (Å²) in [6.45, 7) is 4.02. The van der Waals surface area contributed by atoms with Crippen molar-refractivity contribution in [2.24, 2.45) is 7.05 Å². The summed E-state index contributed by atoms with van der Waals surface area (Å²) in [6, 6.07) is 14.0. The number of thioether (sulfide) groups is 1. The van der Waals surface area contributed by atoms with Gasteiger partial charge in [0.2, 0.25) is 11.8 Å². The van der Waals surface area contributed by atoms with E-state index in [9.17, 15) is 4.39 Å². The van der Waals surface area contributed by atoms with Gasteiger partial charge < -0.3 is 8.98 Å². The van der Waals surface area contributed by atoms with Gasteiger partial charge in [0.15, 0.2) is 11.0 Å². The average molecular weight is 395 g/mol. The summed E-state index contributed by atoms with van der Waals surface area (Å²) in [5.41, 5.74) is 2.87. The van der Waals surface area contributed by atoms with Gasteiger partial charge in [-0.05, 0) is 43.7 Å². The number of aryl methyl sites for hydroxylation is 1. The Hall–Kier alpha value is -3.00. The monoisotopic (exact) mass is 395 g/mol. The molecule has 2 heterocycles. The fourth-order valence-corrected chi connectivity index (χ4v) is 3.64. The van der Waals surface area contributed by atoms with Gasteiger partial charge in [-0.3, -0.25) is 0 Å². The molecular formula is C20H18FN5OS. The molecule has 4 rings (SSSR count). The van der Waals surface area contributed by atoms with E-state index in [-0.39, 0.29) is 11.1 Å². The Kier molecular flexibility index (Phi) is 4.95. The van der Waals surface area contributed by atoms with Crippen LogP contribution in [0.25, 0.3) is 22.8 Å². The molecule has 28 heavy (non-hydrogen) atoms. The van der Waals surface area contributed by atoms with Gasteiger partial charge in [-0.25, -0.2) is 4.39 Å². The maximum Gasteiger partial charge on any atom is 0.247 e. The van der Waals surface area contributed by atoms with E-state index in [0.717, 1.165) is 22.1 Å². The van der Waals surface area contributed by atoms with E-state index in [1.807, 2.05) is 36.7 Å². The van der Waals surface area contributed by atoms with Crippen LogP contribution < -0.4 is 0 Å². The summed E-state index contributed by atoms with van der Waals surface area (Å²) >= 11 is 1.49. The van der Waals surface area contributed by atoms with Gasteiger partial charge in [0.05, 0.1) is 5.25 Å². The van der Waals surface area contributed by atoms with Gasteiger partial charge in [0, 0.05) is 18.2 Å². The number of halogens is 1. The molecule has 0 aliphatic heterocycles. The first-order valence-electron chi connectivity index (χ1n) is 8.74. The minimum Gasteiger partial charge on any atom is -0.419 e. The van der Waals surface area contributed by atoms with E-state index >= 15 is 0 Å². The van der Waals surface area contributed by atoms with E-state index in [1.165, 1.54) is 23.9 Å². The van der Waals surface area contributed by atoms with E-state index in [1.54, 1.807) is 12.1 Å². The van der Waals surface area contributed by atoms with Crippen LogP contribution in [-0.4, -0.2) is 25.0 Å². The number of aromatic nitrogens is 5. The van der Waals surface area contributed by atoms with Crippen molar-refractivity contribution in [1.82, 2.24) is 25.0 Å². The van der Waals surface area contributed by atoms with E-state index in [2.05, 4.69) is 33.4 Å². The topological polar surface area (TPSA) is 69.6 Å². The molecule has 2 aromatic carbocycles. The minimum atomic E-state index is -0.306. The van der Waals surface area contributed by atoms with Crippen LogP contribution in [0.1, 0.15) is 23.6 Å². The Morgan fingerprint density at radius 1 is 1.00 bits per heavy atom. The van der Waals surface area contributed by atoms with Crippen molar-refractivity contribution >= 4 is 11.8 Å². The van der Waals surface area contributed by atoms with Crippen LogP contribution in [0.2, 0.25) is 0 Å². The largest absolute Gasteiger partial charge is 0.419 e. The molecule has 0 amide bonds. The van der Waals surface area contributed by atoms with Crippen molar-refractivity contribution in [3.8, 4) is 22.8 Å². The van der Waals surface area contributed by atoms with Crippen molar-refractivity contribution in [1.29, 1.82) is 0 Å². The lowest BCUT2D eigenvalue weighted by Crippen LogP contribution is -1.98. The molecule has 4 aromatic rings. The first-order valence-corrected chi connectivity index (χ1v) is 9.62. The van der Waals surface area contributed by atoms with Crippen LogP contribution >= 0.6 is 11.8 Å². The second kappa shape index (κ2) is 7.55. The summed E-state index contributed by atoms with van der Waals surface area (Å²) < 4.78 is 20.8. The number of rotatable bonds is 5. The minimum absolute atomic E-state index is 0.116. The molecule has 6 nitrogen and oxygen atoms in total. The van der Waals surface area contributed by atoms with Gasteiger partial charge in [-0.2, -0.15) is 0 Å². The highest BCUT2D eigenvalue weighted by molar-refractivity contribution is 7.99. The lowest BCUT2D eigenvalue weighted by Gasteiger charge is -2.08. The van der Waals surface area contributed by atoms with E-state index in [0.29, 0.717) is 17.3 Å². The molecule has 0 spiro atoms. The van der Waals surface area contributed by atoms with Crippen molar-refractivity contribution in [3.63, 3.8) is 0 Å². The smallest absolute Gasteiger partial charge is 0.247 e. The van der Waals surface area contributed by atoms with E-state index < -0.39 is 0 Å². The van der Waals surface area contributed by atoms with Gasteiger partial charge in [0.25, 0.3) is 0 Å². The second-order valence-corrected chi connectivity index (χ2v) is 7.70. The maximum atomic E-state index is 13.1. The van der Waals surface area contributed by atoms with E-state index in [4.69, 9.17) is 4.42 Å². The highest BCUT2D eigenvalue weighted by Gasteiger charge is 2.20. The number of benzene rings is 2. The quantitative estimate of drug-likeness (QED) is 0.451. The molecule has 0 aliphatic carbocycles. The molecule has 0 radical (unpaired) electrons. The van der Waals surface area contributed by atoms with Crippen LogP contribution in [0.5, 0.6) is 0 Å². The molecule has 1 atom stereocenters. The van der Waals surface area contributed by atoms with Gasteiger partial charge >= 0.3 is 0 Å². The Balaban J connectivity index is 1.54. The Morgan fingerprint density at radius 2 is 1.75 bits per heavy atom. The lowest BCUT2D eigenvalue weighted by atomic mass is 10.1. The molecule has 8 heteroatoms. The zero-order valence-electron chi connectivity index (χ0n) is 15.6. The Bertz CT molecular complexity index is 1110. The summed E-state index contributed by atoms with van der Waals surface area (Å²) in [4.78, 5) is 0. The van der Waals surface area contributed by atoms with Crippen molar-refractivity contribution in [2.75, 3.05) is 0 Å². The average Bonchev–Trinajstić information content (AvgIpc) is 3.31. The van der Waals surface area contributed by atoms with Crippen LogP contribution in [0.3, 0.4) is 0 Å². The molecular weight excluding hydrogens is 377 g/mol. The molecule has 0 saturated carbocycles. The SMILES string of the molecule is Cc1ccccc1-c1nnc(S[C@@H](C)c2nnc(-c3ccc(F)cc3)o2)n1C. The summed E-state index contributed by atoms with van der Waals surface area (Å²) in [6.07, 6.45) is 0. The van der Waals surface area contributed by atoms with Crippen LogP contribution in [0, 0.1) is 12.7 Å². The normalized spacial score (nSPS) is 12.3. The van der Waals surface area contributed by atoms with Crippen LogP contribution in [0.15, 0.2) is 58.1 Å². The first-order chi connectivity index (χ1) is 13.5. The molecule has 0 aliphatic rings. The maximum absolute atomic E-state index is 13.1. The number of nitrogens with zero attached hydrogens (tertiary/aromatic N) is 5. The molecule has 0 saturated heterocycles. The predicted molar refractivity (Wildman–Crippen MR) is 105 cm³/mol. The summed E-state index contributed by atoms with van der Waals surface area (Å²) in [5.74, 6) is 1.34. The highest BCUT2D eigenvalue weighted by atomic mass is 32.2. The second-order valence-electron chi connectivity index (χ2n) is 6.39. The van der Waals surface area contributed by atoms with Gasteiger partial charge in [0.1, 0.15) is 5.82 Å². The fourth-order valence-electron chi connectivity index (χ4n) is 2.79. The third kappa shape index (κ3) is 3.55. The molecule has 0 bridgehead atoms. The van der Waals surface area contributed by atoms with Crippen molar-refractivity contribution < 1.29 is 8.81 Å².